The normalized spacial score (nSPS) is 10.2. The van der Waals surface area contributed by atoms with E-state index in [2.05, 4.69) is 38.2 Å². The molecule has 0 amide bonds. The minimum absolute atomic E-state index is 0.303. The summed E-state index contributed by atoms with van der Waals surface area (Å²) in [6.07, 6.45) is 1.58. The van der Waals surface area contributed by atoms with Gasteiger partial charge < -0.3 is 4.74 Å². The Kier molecular flexibility index (Phi) is 3.78. The van der Waals surface area contributed by atoms with Crippen molar-refractivity contribution in [2.45, 2.75) is 13.8 Å². The van der Waals surface area contributed by atoms with Crippen molar-refractivity contribution in [2.24, 2.45) is 5.84 Å². The highest BCUT2D eigenvalue weighted by Gasteiger charge is 2.07. The van der Waals surface area contributed by atoms with Crippen LogP contribution in [0, 0.1) is 13.8 Å². The van der Waals surface area contributed by atoms with Crippen molar-refractivity contribution in [2.75, 3.05) is 5.43 Å². The van der Waals surface area contributed by atoms with E-state index in [4.69, 9.17) is 10.6 Å². The summed E-state index contributed by atoms with van der Waals surface area (Å²) in [6.45, 7) is 4.08. The molecular formula is C12H13BrN4O. The Hall–Kier alpha value is -1.66. The molecule has 94 valence electrons. The number of rotatable bonds is 3. The van der Waals surface area contributed by atoms with E-state index < -0.39 is 0 Å². The molecule has 1 aromatic carbocycles. The number of aromatic nitrogens is 2. The molecule has 0 aliphatic carbocycles. The van der Waals surface area contributed by atoms with Gasteiger partial charge in [-0.05, 0) is 53.0 Å². The topological polar surface area (TPSA) is 73.1 Å². The maximum Gasteiger partial charge on any atom is 0.240 e. The number of aryl methyl sites for hydroxylation is 2. The van der Waals surface area contributed by atoms with Gasteiger partial charge in [0, 0.05) is 0 Å². The molecule has 5 nitrogen and oxygen atoms in total. The number of nitrogens with one attached hydrogen (secondary N) is 1. The second-order valence-electron chi connectivity index (χ2n) is 3.84. The second kappa shape index (κ2) is 5.32. The van der Waals surface area contributed by atoms with Gasteiger partial charge in [-0.2, -0.15) is 4.98 Å². The average molecular weight is 309 g/mol. The van der Waals surface area contributed by atoms with Crippen LogP contribution in [0.2, 0.25) is 0 Å². The standard InChI is InChI=1S/C12H13BrN4O/c1-7-3-4-9(5-8(7)2)18-11-10(13)6-15-12(16-11)17-14/h3-6H,14H2,1-2H3,(H,15,16,17). The van der Waals surface area contributed by atoms with Crippen molar-refractivity contribution in [3.05, 3.63) is 40.0 Å². The Morgan fingerprint density at radius 3 is 2.72 bits per heavy atom. The van der Waals surface area contributed by atoms with E-state index in [1.54, 1.807) is 6.20 Å². The van der Waals surface area contributed by atoms with Crippen LogP contribution in [0.25, 0.3) is 0 Å². The van der Waals surface area contributed by atoms with Crippen LogP contribution in [0.4, 0.5) is 5.95 Å². The van der Waals surface area contributed by atoms with Crippen LogP contribution in [0.1, 0.15) is 11.1 Å². The number of benzene rings is 1. The van der Waals surface area contributed by atoms with Gasteiger partial charge in [-0.3, -0.25) is 5.43 Å². The number of nitrogen functional groups attached to an aromatic ring is 1. The number of hydrazine groups is 1. The van der Waals surface area contributed by atoms with Crippen LogP contribution in [-0.2, 0) is 0 Å². The van der Waals surface area contributed by atoms with E-state index in [-0.39, 0.29) is 0 Å². The van der Waals surface area contributed by atoms with E-state index in [9.17, 15) is 0 Å². The minimum Gasteiger partial charge on any atom is -0.438 e. The summed E-state index contributed by atoms with van der Waals surface area (Å²) in [5, 5.41) is 0. The monoisotopic (exact) mass is 308 g/mol. The van der Waals surface area contributed by atoms with Crippen molar-refractivity contribution in [3.63, 3.8) is 0 Å². The van der Waals surface area contributed by atoms with Crippen LogP contribution in [0.15, 0.2) is 28.9 Å². The lowest BCUT2D eigenvalue weighted by atomic mass is 10.1. The van der Waals surface area contributed by atoms with Gasteiger partial charge in [-0.15, -0.1) is 0 Å². The van der Waals surface area contributed by atoms with Gasteiger partial charge in [0.05, 0.1) is 10.7 Å². The minimum atomic E-state index is 0.303. The Balaban J connectivity index is 2.30. The third-order valence-electron chi connectivity index (χ3n) is 2.53. The molecule has 0 radical (unpaired) electrons. The maximum atomic E-state index is 5.69. The lowest BCUT2D eigenvalue weighted by molar-refractivity contribution is 0.458. The summed E-state index contributed by atoms with van der Waals surface area (Å²) >= 11 is 3.33. The summed E-state index contributed by atoms with van der Waals surface area (Å²) < 4.78 is 6.36. The maximum absolute atomic E-state index is 5.69. The predicted octanol–water partition coefficient (Wildman–Crippen LogP) is 2.93. The molecule has 0 aliphatic rings. The van der Waals surface area contributed by atoms with Gasteiger partial charge in [-0.25, -0.2) is 10.8 Å². The third-order valence-corrected chi connectivity index (χ3v) is 3.08. The van der Waals surface area contributed by atoms with Gasteiger partial charge in [0.15, 0.2) is 0 Å². The molecule has 6 heteroatoms. The number of ether oxygens (including phenoxy) is 1. The summed E-state index contributed by atoms with van der Waals surface area (Å²) in [7, 11) is 0. The number of anilines is 1. The molecule has 2 rings (SSSR count). The predicted molar refractivity (Wildman–Crippen MR) is 73.5 cm³/mol. The highest BCUT2D eigenvalue weighted by molar-refractivity contribution is 9.10. The first kappa shape index (κ1) is 12.8. The van der Waals surface area contributed by atoms with Crippen LogP contribution < -0.4 is 16.0 Å². The number of hydrogen-bond donors (Lipinski definition) is 2. The molecule has 0 bridgehead atoms. The van der Waals surface area contributed by atoms with Crippen LogP contribution in [0.3, 0.4) is 0 Å². The fraction of sp³-hybridized carbons (Fsp3) is 0.167. The fourth-order valence-electron chi connectivity index (χ4n) is 1.38. The molecule has 0 atom stereocenters. The number of nitrogens with two attached hydrogens (primary N) is 1. The van der Waals surface area contributed by atoms with E-state index >= 15 is 0 Å². The first-order valence-corrected chi connectivity index (χ1v) is 6.13. The van der Waals surface area contributed by atoms with Crippen molar-refractivity contribution in [3.8, 4) is 11.6 Å². The van der Waals surface area contributed by atoms with Crippen molar-refractivity contribution >= 4 is 21.9 Å². The molecule has 2 aromatic rings. The molecule has 0 saturated carbocycles. The number of hydrogen-bond acceptors (Lipinski definition) is 5. The molecule has 1 aromatic heterocycles. The molecular weight excluding hydrogens is 296 g/mol. The van der Waals surface area contributed by atoms with E-state index in [1.165, 1.54) is 5.56 Å². The smallest absolute Gasteiger partial charge is 0.240 e. The highest BCUT2D eigenvalue weighted by atomic mass is 79.9. The quantitative estimate of drug-likeness (QED) is 0.673. The van der Waals surface area contributed by atoms with Gasteiger partial charge in [0.2, 0.25) is 11.8 Å². The fourth-order valence-corrected chi connectivity index (χ4v) is 1.65. The van der Waals surface area contributed by atoms with Crippen LogP contribution in [0.5, 0.6) is 11.6 Å². The molecule has 0 spiro atoms. The first-order valence-electron chi connectivity index (χ1n) is 5.34. The Morgan fingerprint density at radius 2 is 2.06 bits per heavy atom. The Morgan fingerprint density at radius 1 is 1.28 bits per heavy atom. The lowest BCUT2D eigenvalue weighted by Gasteiger charge is -2.09. The van der Waals surface area contributed by atoms with Gasteiger partial charge >= 0.3 is 0 Å². The summed E-state index contributed by atoms with van der Waals surface area (Å²) in [5.74, 6) is 6.70. The average Bonchev–Trinajstić information content (AvgIpc) is 2.36. The summed E-state index contributed by atoms with van der Waals surface area (Å²) in [6, 6.07) is 5.85. The van der Waals surface area contributed by atoms with Crippen molar-refractivity contribution < 1.29 is 4.74 Å². The number of nitrogens with zero attached hydrogens (tertiary/aromatic N) is 2. The Bertz CT molecular complexity index is 574. The Labute approximate surface area is 113 Å². The van der Waals surface area contributed by atoms with Crippen molar-refractivity contribution in [1.29, 1.82) is 0 Å². The first-order chi connectivity index (χ1) is 8.60. The lowest BCUT2D eigenvalue weighted by Crippen LogP contribution is -2.10. The largest absolute Gasteiger partial charge is 0.438 e. The van der Waals surface area contributed by atoms with Crippen LogP contribution in [-0.4, -0.2) is 9.97 Å². The SMILES string of the molecule is Cc1ccc(Oc2nc(NN)ncc2Br)cc1C. The van der Waals surface area contributed by atoms with Crippen LogP contribution >= 0.6 is 15.9 Å². The highest BCUT2D eigenvalue weighted by Crippen LogP contribution is 2.28. The zero-order chi connectivity index (χ0) is 13.1. The molecule has 0 fully saturated rings. The summed E-state index contributed by atoms with van der Waals surface area (Å²) in [5.41, 5.74) is 4.76. The van der Waals surface area contributed by atoms with E-state index in [0.717, 1.165) is 11.3 Å². The zero-order valence-electron chi connectivity index (χ0n) is 10.1. The van der Waals surface area contributed by atoms with Crippen molar-refractivity contribution in [1.82, 2.24) is 9.97 Å². The zero-order valence-corrected chi connectivity index (χ0v) is 11.7. The molecule has 0 saturated heterocycles. The third kappa shape index (κ3) is 2.77. The van der Waals surface area contributed by atoms with Gasteiger partial charge in [0.25, 0.3) is 0 Å². The molecule has 0 unspecified atom stereocenters. The van der Waals surface area contributed by atoms with E-state index in [0.29, 0.717) is 16.3 Å². The molecule has 0 aliphatic heterocycles. The van der Waals surface area contributed by atoms with E-state index in [1.807, 2.05) is 25.1 Å². The second-order valence-corrected chi connectivity index (χ2v) is 4.69. The molecule has 18 heavy (non-hydrogen) atoms. The van der Waals surface area contributed by atoms with Gasteiger partial charge in [-0.1, -0.05) is 6.07 Å². The molecule has 3 N–H and O–H groups in total. The van der Waals surface area contributed by atoms with Gasteiger partial charge in [0.1, 0.15) is 5.75 Å². The molecule has 1 heterocycles. The number of halogens is 1. The summed E-state index contributed by atoms with van der Waals surface area (Å²) in [4.78, 5) is 8.08.